The number of rotatable bonds is 5. The van der Waals surface area contributed by atoms with E-state index in [1.165, 1.54) is 19.3 Å². The summed E-state index contributed by atoms with van der Waals surface area (Å²) in [4.78, 5) is 0. The summed E-state index contributed by atoms with van der Waals surface area (Å²) in [6, 6.07) is 0. The molecule has 0 aromatic heterocycles. The van der Waals surface area contributed by atoms with E-state index in [1.807, 2.05) is 0 Å². The largest absolute Gasteiger partial charge is 0.381 e. The maximum atomic E-state index is 5.88. The van der Waals surface area contributed by atoms with Gasteiger partial charge in [0, 0.05) is 19.8 Å². The lowest BCUT2D eigenvalue weighted by Gasteiger charge is -2.24. The second kappa shape index (κ2) is 7.29. The quantitative estimate of drug-likeness (QED) is 0.671. The smallest absolute Gasteiger partial charge is 0.0604 e. The Morgan fingerprint density at radius 3 is 2.38 bits per heavy atom. The molecule has 4 atom stereocenters. The average Bonchev–Trinajstić information content (AvgIpc) is 2.36. The molecule has 0 heterocycles. The van der Waals surface area contributed by atoms with Crippen molar-refractivity contribution in [1.82, 2.24) is 0 Å². The minimum Gasteiger partial charge on any atom is -0.381 e. The highest BCUT2D eigenvalue weighted by molar-refractivity contribution is 4.79. The molecule has 0 aromatic rings. The van der Waals surface area contributed by atoms with Crippen LogP contribution in [0.1, 0.15) is 47.0 Å². The summed E-state index contributed by atoms with van der Waals surface area (Å²) in [7, 11) is 0. The predicted molar refractivity (Wildman–Crippen MR) is 67.6 cm³/mol. The molecule has 96 valence electrons. The van der Waals surface area contributed by atoms with Gasteiger partial charge < -0.3 is 9.47 Å². The molecule has 1 rings (SSSR count). The normalized spacial score (nSPS) is 36.0. The standard InChI is InChI=1S/C14H28O2/c1-5-15-10-13-8-11(3)7-12(4)14(9-13)16-6-2/h11-14H,5-10H2,1-4H3. The van der Waals surface area contributed by atoms with E-state index in [9.17, 15) is 0 Å². The van der Waals surface area contributed by atoms with Crippen LogP contribution in [-0.4, -0.2) is 25.9 Å². The van der Waals surface area contributed by atoms with Crippen LogP contribution in [0.15, 0.2) is 0 Å². The first-order valence-electron chi connectivity index (χ1n) is 6.86. The van der Waals surface area contributed by atoms with Crippen LogP contribution in [0.2, 0.25) is 0 Å². The fraction of sp³-hybridized carbons (Fsp3) is 1.00. The Morgan fingerprint density at radius 1 is 1.00 bits per heavy atom. The second-order valence-electron chi connectivity index (χ2n) is 5.31. The molecule has 4 unspecified atom stereocenters. The van der Waals surface area contributed by atoms with Gasteiger partial charge in [-0.3, -0.25) is 0 Å². The monoisotopic (exact) mass is 228 g/mol. The van der Waals surface area contributed by atoms with Crippen molar-refractivity contribution >= 4 is 0 Å². The molecule has 0 amide bonds. The lowest BCUT2D eigenvalue weighted by molar-refractivity contribution is 0.00251. The molecule has 2 heteroatoms. The van der Waals surface area contributed by atoms with Crippen LogP contribution < -0.4 is 0 Å². The number of hydrogen-bond donors (Lipinski definition) is 0. The molecule has 1 saturated carbocycles. The molecule has 0 radical (unpaired) electrons. The molecule has 1 fully saturated rings. The van der Waals surface area contributed by atoms with Gasteiger partial charge in [-0.1, -0.05) is 13.8 Å². The Bertz CT molecular complexity index is 182. The minimum absolute atomic E-state index is 0.445. The molecule has 1 aliphatic rings. The van der Waals surface area contributed by atoms with Crippen molar-refractivity contribution in [3.05, 3.63) is 0 Å². The highest BCUT2D eigenvalue weighted by atomic mass is 16.5. The van der Waals surface area contributed by atoms with E-state index >= 15 is 0 Å². The Kier molecular flexibility index (Phi) is 6.37. The molecule has 1 aliphatic carbocycles. The zero-order chi connectivity index (χ0) is 12.0. The van der Waals surface area contributed by atoms with Gasteiger partial charge in [0.05, 0.1) is 6.10 Å². The Hall–Kier alpha value is -0.0800. The molecule has 0 spiro atoms. The van der Waals surface area contributed by atoms with E-state index in [0.717, 1.165) is 25.7 Å². The van der Waals surface area contributed by atoms with Crippen molar-refractivity contribution in [2.24, 2.45) is 17.8 Å². The van der Waals surface area contributed by atoms with Gasteiger partial charge in [-0.2, -0.15) is 0 Å². The van der Waals surface area contributed by atoms with E-state index in [0.29, 0.717) is 17.9 Å². The van der Waals surface area contributed by atoms with Crippen LogP contribution in [0.25, 0.3) is 0 Å². The van der Waals surface area contributed by atoms with Crippen LogP contribution in [0, 0.1) is 17.8 Å². The second-order valence-corrected chi connectivity index (χ2v) is 5.31. The molecule has 2 nitrogen and oxygen atoms in total. The van der Waals surface area contributed by atoms with Crippen LogP contribution in [0.4, 0.5) is 0 Å². The van der Waals surface area contributed by atoms with Crippen molar-refractivity contribution in [3.63, 3.8) is 0 Å². The van der Waals surface area contributed by atoms with Crippen molar-refractivity contribution in [2.75, 3.05) is 19.8 Å². The van der Waals surface area contributed by atoms with Gasteiger partial charge in [0.15, 0.2) is 0 Å². The molecule has 0 saturated heterocycles. The third-order valence-corrected chi connectivity index (χ3v) is 3.65. The van der Waals surface area contributed by atoms with Crippen molar-refractivity contribution in [3.8, 4) is 0 Å². The van der Waals surface area contributed by atoms with Gasteiger partial charge >= 0.3 is 0 Å². The molecular weight excluding hydrogens is 200 g/mol. The SMILES string of the molecule is CCOCC1CC(C)CC(C)C(OCC)C1. The lowest BCUT2D eigenvalue weighted by Crippen LogP contribution is -2.24. The number of ether oxygens (including phenoxy) is 2. The first kappa shape index (κ1) is 14.0. The highest BCUT2D eigenvalue weighted by Gasteiger charge is 2.29. The summed E-state index contributed by atoms with van der Waals surface area (Å²) in [5, 5.41) is 0. The summed E-state index contributed by atoms with van der Waals surface area (Å²) in [6.45, 7) is 11.5. The predicted octanol–water partition coefficient (Wildman–Crippen LogP) is 3.50. The zero-order valence-electron chi connectivity index (χ0n) is 11.4. The van der Waals surface area contributed by atoms with Gasteiger partial charge in [-0.15, -0.1) is 0 Å². The summed E-state index contributed by atoms with van der Waals surface area (Å²) in [5.74, 6) is 2.20. The molecule has 0 aliphatic heterocycles. The van der Waals surface area contributed by atoms with Crippen molar-refractivity contribution in [2.45, 2.75) is 53.1 Å². The van der Waals surface area contributed by atoms with E-state index in [2.05, 4.69) is 27.7 Å². The van der Waals surface area contributed by atoms with Gasteiger partial charge in [0.1, 0.15) is 0 Å². The van der Waals surface area contributed by atoms with Gasteiger partial charge in [0.2, 0.25) is 0 Å². The van der Waals surface area contributed by atoms with E-state index in [1.54, 1.807) is 0 Å². The average molecular weight is 228 g/mol. The Labute approximate surface area is 101 Å². The summed E-state index contributed by atoms with van der Waals surface area (Å²) >= 11 is 0. The molecule has 16 heavy (non-hydrogen) atoms. The van der Waals surface area contributed by atoms with Crippen LogP contribution >= 0.6 is 0 Å². The highest BCUT2D eigenvalue weighted by Crippen LogP contribution is 2.33. The van der Waals surface area contributed by atoms with E-state index in [4.69, 9.17) is 9.47 Å². The third-order valence-electron chi connectivity index (χ3n) is 3.65. The van der Waals surface area contributed by atoms with Crippen LogP contribution in [-0.2, 0) is 9.47 Å². The molecule has 0 aromatic carbocycles. The topological polar surface area (TPSA) is 18.5 Å². The summed E-state index contributed by atoms with van der Waals surface area (Å²) in [5.41, 5.74) is 0. The first-order chi connectivity index (χ1) is 7.67. The fourth-order valence-electron chi connectivity index (χ4n) is 2.98. The third kappa shape index (κ3) is 4.42. The van der Waals surface area contributed by atoms with Gasteiger partial charge in [-0.05, 0) is 50.9 Å². The maximum absolute atomic E-state index is 5.88. The summed E-state index contributed by atoms with van der Waals surface area (Å²) < 4.78 is 11.5. The zero-order valence-corrected chi connectivity index (χ0v) is 11.4. The minimum atomic E-state index is 0.445. The lowest BCUT2D eigenvalue weighted by atomic mass is 9.94. The van der Waals surface area contributed by atoms with E-state index < -0.39 is 0 Å². The first-order valence-corrected chi connectivity index (χ1v) is 6.86. The van der Waals surface area contributed by atoms with E-state index in [-0.39, 0.29) is 0 Å². The maximum Gasteiger partial charge on any atom is 0.0604 e. The molecular formula is C14H28O2. The van der Waals surface area contributed by atoms with Crippen LogP contribution in [0.3, 0.4) is 0 Å². The van der Waals surface area contributed by atoms with Crippen molar-refractivity contribution < 1.29 is 9.47 Å². The van der Waals surface area contributed by atoms with Crippen LogP contribution in [0.5, 0.6) is 0 Å². The molecule has 0 N–H and O–H groups in total. The van der Waals surface area contributed by atoms with Gasteiger partial charge in [-0.25, -0.2) is 0 Å². The van der Waals surface area contributed by atoms with Gasteiger partial charge in [0.25, 0.3) is 0 Å². The Morgan fingerprint density at radius 2 is 1.75 bits per heavy atom. The number of hydrogen-bond acceptors (Lipinski definition) is 2. The Balaban J connectivity index is 2.51. The fourth-order valence-corrected chi connectivity index (χ4v) is 2.98. The summed E-state index contributed by atoms with van der Waals surface area (Å²) in [6.07, 6.45) is 4.22. The van der Waals surface area contributed by atoms with Crippen molar-refractivity contribution in [1.29, 1.82) is 0 Å². The molecule has 0 bridgehead atoms.